The van der Waals surface area contributed by atoms with E-state index in [1.165, 1.54) is 37.3 Å². The molecule has 0 radical (unpaired) electrons. The van der Waals surface area contributed by atoms with E-state index < -0.39 is 40.5 Å². The lowest BCUT2D eigenvalue weighted by atomic mass is 10.2. The number of benzene rings is 2. The van der Waals surface area contributed by atoms with Crippen molar-refractivity contribution in [1.82, 2.24) is 0 Å². The summed E-state index contributed by atoms with van der Waals surface area (Å²) in [6, 6.07) is 9.53. The molecule has 0 aromatic heterocycles. The van der Waals surface area contributed by atoms with E-state index in [9.17, 15) is 30.0 Å². The molecule has 0 fully saturated rings. The van der Waals surface area contributed by atoms with Crippen LogP contribution in [-0.4, -0.2) is 23.4 Å². The minimum Gasteiger partial charge on any atom is -0.499 e. The zero-order valence-electron chi connectivity index (χ0n) is 14.0. The molecule has 27 heavy (non-hydrogen) atoms. The fourth-order valence-corrected chi connectivity index (χ4v) is 5.74. The molecule has 10 heteroatoms. The molecule has 2 rings (SSSR count). The van der Waals surface area contributed by atoms with E-state index in [1.54, 1.807) is 0 Å². The highest BCUT2D eigenvalue weighted by atomic mass is 32.3. The van der Waals surface area contributed by atoms with Crippen molar-refractivity contribution in [1.29, 1.82) is 0 Å². The summed E-state index contributed by atoms with van der Waals surface area (Å²) in [6.45, 7) is 1.46. The second-order valence-corrected chi connectivity index (χ2v) is 9.33. The number of hydrogen-bond donors (Lipinski definition) is 0. The van der Waals surface area contributed by atoms with Crippen molar-refractivity contribution in [2.24, 2.45) is 0 Å². The van der Waals surface area contributed by atoms with Crippen molar-refractivity contribution in [2.75, 3.05) is 6.61 Å². The molecule has 2 aromatic carbocycles. The lowest BCUT2D eigenvalue weighted by molar-refractivity contribution is -0.137. The summed E-state index contributed by atoms with van der Waals surface area (Å²) < 4.78 is 93.7. The molecular weight excluding hydrogens is 405 g/mol. The van der Waals surface area contributed by atoms with Crippen LogP contribution >= 0.6 is 0 Å². The molecule has 0 aliphatic rings. The summed E-state index contributed by atoms with van der Waals surface area (Å²) in [7, 11) is -9.37. The Morgan fingerprint density at radius 2 is 1.48 bits per heavy atom. The first kappa shape index (κ1) is 21.0. The van der Waals surface area contributed by atoms with Crippen LogP contribution in [0.25, 0.3) is 0 Å². The molecule has 146 valence electrons. The number of sulfone groups is 2. The van der Waals surface area contributed by atoms with Crippen LogP contribution in [0.3, 0.4) is 0 Å². The van der Waals surface area contributed by atoms with Gasteiger partial charge < -0.3 is 4.74 Å². The van der Waals surface area contributed by atoms with E-state index in [2.05, 4.69) is 0 Å². The molecule has 0 bridgehead atoms. The Hall–Kier alpha value is -2.33. The Balaban J connectivity index is 2.68. The lowest BCUT2D eigenvalue weighted by Gasteiger charge is -2.12. The highest BCUT2D eigenvalue weighted by molar-refractivity contribution is 8.14. The molecule has 0 amide bonds. The van der Waals surface area contributed by atoms with E-state index in [0.717, 1.165) is 12.1 Å². The predicted molar refractivity (Wildman–Crippen MR) is 92.0 cm³/mol. The molecule has 0 aliphatic carbocycles. The summed E-state index contributed by atoms with van der Waals surface area (Å²) in [5, 5.41) is 0. The Morgan fingerprint density at radius 1 is 0.926 bits per heavy atom. The molecule has 0 spiro atoms. The van der Waals surface area contributed by atoms with Crippen molar-refractivity contribution < 1.29 is 34.7 Å². The van der Waals surface area contributed by atoms with Crippen LogP contribution in [-0.2, 0) is 30.6 Å². The highest BCUT2D eigenvalue weighted by Crippen LogP contribution is 2.34. The van der Waals surface area contributed by atoms with Gasteiger partial charge in [-0.15, -0.1) is 0 Å². The van der Waals surface area contributed by atoms with Gasteiger partial charge in [-0.2, -0.15) is 13.2 Å². The van der Waals surface area contributed by atoms with Crippen molar-refractivity contribution in [2.45, 2.75) is 22.9 Å². The van der Waals surface area contributed by atoms with Crippen molar-refractivity contribution in [3.05, 3.63) is 70.7 Å². The van der Waals surface area contributed by atoms with Gasteiger partial charge >= 0.3 is 6.18 Å². The average Bonchev–Trinajstić information content (AvgIpc) is 2.62. The largest absolute Gasteiger partial charge is 0.499 e. The third kappa shape index (κ3) is 4.51. The molecule has 0 unspecified atom stereocenters. The van der Waals surface area contributed by atoms with Crippen molar-refractivity contribution >= 4 is 19.7 Å². The van der Waals surface area contributed by atoms with Gasteiger partial charge in [-0.1, -0.05) is 24.3 Å². The fourth-order valence-electron chi connectivity index (χ4n) is 2.09. The smallest absolute Gasteiger partial charge is 0.416 e. The zero-order valence-corrected chi connectivity index (χ0v) is 15.6. The van der Waals surface area contributed by atoms with Crippen LogP contribution in [0.4, 0.5) is 13.2 Å². The van der Waals surface area contributed by atoms with Gasteiger partial charge in [0.2, 0.25) is 23.9 Å². The first-order valence-corrected chi connectivity index (χ1v) is 10.5. The maximum atomic E-state index is 12.9. The maximum absolute atomic E-state index is 12.9. The Bertz CT molecular complexity index is 1040. The van der Waals surface area contributed by atoms with E-state index in [4.69, 9.17) is 4.74 Å². The Kier molecular flexibility index (Phi) is 6.01. The second kappa shape index (κ2) is 7.73. The monoisotopic (exact) mass is 420 g/mol. The van der Waals surface area contributed by atoms with Gasteiger partial charge in [0.15, 0.2) is 0 Å². The minimum absolute atomic E-state index is 0.0358. The molecule has 0 saturated carbocycles. The van der Waals surface area contributed by atoms with E-state index in [1.807, 2.05) is 0 Å². The average molecular weight is 420 g/mol. The van der Waals surface area contributed by atoms with E-state index >= 15 is 0 Å². The summed E-state index contributed by atoms with van der Waals surface area (Å²) in [5.41, 5.74) is -1.21. The van der Waals surface area contributed by atoms with Crippen LogP contribution in [0.2, 0.25) is 0 Å². The van der Waals surface area contributed by atoms with E-state index in [-0.39, 0.29) is 11.5 Å². The van der Waals surface area contributed by atoms with Crippen LogP contribution in [0.5, 0.6) is 0 Å². The van der Waals surface area contributed by atoms with Gasteiger partial charge in [-0.25, -0.2) is 16.8 Å². The quantitative estimate of drug-likeness (QED) is 0.665. The SMILES string of the molecule is CCO/C=C(/S(=O)(=O)c1ccccc1)S(=O)(=O)c1cccc(C(F)(F)F)c1. The zero-order chi connectivity index (χ0) is 20.3. The molecule has 0 heterocycles. The summed E-state index contributed by atoms with van der Waals surface area (Å²) in [5.74, 6) is 0. The minimum atomic E-state index is -4.81. The molecule has 2 aromatic rings. The first-order chi connectivity index (χ1) is 12.5. The van der Waals surface area contributed by atoms with Crippen molar-refractivity contribution in [3.63, 3.8) is 0 Å². The van der Waals surface area contributed by atoms with Crippen LogP contribution in [0, 0.1) is 0 Å². The molecule has 5 nitrogen and oxygen atoms in total. The number of rotatable bonds is 6. The number of ether oxygens (including phenoxy) is 1. The van der Waals surface area contributed by atoms with Gasteiger partial charge in [0.25, 0.3) is 0 Å². The number of hydrogen-bond acceptors (Lipinski definition) is 5. The predicted octanol–water partition coefficient (Wildman–Crippen LogP) is 3.79. The molecular formula is C17H15F3O5S2. The van der Waals surface area contributed by atoms with Crippen LogP contribution < -0.4 is 0 Å². The molecule has 0 saturated heterocycles. The third-order valence-electron chi connectivity index (χ3n) is 3.40. The van der Waals surface area contributed by atoms with Gasteiger partial charge in [-0.3, -0.25) is 0 Å². The van der Waals surface area contributed by atoms with Gasteiger partial charge in [0, 0.05) is 0 Å². The topological polar surface area (TPSA) is 77.5 Å². The number of halogens is 3. The summed E-state index contributed by atoms with van der Waals surface area (Å²) >= 11 is 0. The summed E-state index contributed by atoms with van der Waals surface area (Å²) in [6.07, 6.45) is -4.24. The molecule has 0 aliphatic heterocycles. The van der Waals surface area contributed by atoms with Crippen LogP contribution in [0.1, 0.15) is 12.5 Å². The molecule has 0 N–H and O–H groups in total. The third-order valence-corrected chi connectivity index (χ3v) is 7.74. The Labute approximate surface area is 154 Å². The normalized spacial score (nSPS) is 13.4. The Morgan fingerprint density at radius 3 is 2.04 bits per heavy atom. The lowest BCUT2D eigenvalue weighted by Crippen LogP contribution is -2.16. The summed E-state index contributed by atoms with van der Waals surface area (Å²) in [4.78, 5) is -1.13. The van der Waals surface area contributed by atoms with Gasteiger partial charge in [-0.05, 0) is 37.3 Å². The van der Waals surface area contributed by atoms with Gasteiger partial charge in [0.05, 0.1) is 22.0 Å². The fraction of sp³-hybridized carbons (Fsp3) is 0.176. The van der Waals surface area contributed by atoms with Crippen LogP contribution in [0.15, 0.2) is 74.9 Å². The maximum Gasteiger partial charge on any atom is 0.416 e. The highest BCUT2D eigenvalue weighted by Gasteiger charge is 2.37. The standard InChI is InChI=1S/C17H15F3O5S2/c1-2-25-12-16(26(21,22)14-8-4-3-5-9-14)27(23,24)15-10-6-7-13(11-15)17(18,19)20/h3-12H,2H2,1H3/b16-12-. The van der Waals surface area contributed by atoms with Gasteiger partial charge in [0.1, 0.15) is 6.26 Å². The molecule has 0 atom stereocenters. The first-order valence-electron chi connectivity index (χ1n) is 7.55. The second-order valence-electron chi connectivity index (χ2n) is 5.24. The number of alkyl halides is 3. The van der Waals surface area contributed by atoms with Crippen molar-refractivity contribution in [3.8, 4) is 0 Å². The van der Waals surface area contributed by atoms with E-state index in [0.29, 0.717) is 18.4 Å².